The molecule has 0 aromatic heterocycles. The van der Waals surface area contributed by atoms with E-state index >= 15 is 0 Å². The zero-order valence-electron chi connectivity index (χ0n) is 9.50. The molecule has 2 unspecified atom stereocenters. The second-order valence-corrected chi connectivity index (χ2v) is 4.71. The predicted molar refractivity (Wildman–Crippen MR) is 61.9 cm³/mol. The largest absolute Gasteiger partial charge is 0.508 e. The Morgan fingerprint density at radius 3 is 2.35 bits per heavy atom. The predicted octanol–water partition coefficient (Wildman–Crippen LogP) is 1.40. The van der Waals surface area contributed by atoms with Crippen LogP contribution < -0.4 is 0 Å². The first-order valence-electron chi connectivity index (χ1n) is 5.96. The lowest BCUT2D eigenvalue weighted by Crippen LogP contribution is -2.45. The van der Waals surface area contributed by atoms with Gasteiger partial charge in [0.25, 0.3) is 5.91 Å². The van der Waals surface area contributed by atoms with Crippen molar-refractivity contribution in [2.24, 2.45) is 0 Å². The van der Waals surface area contributed by atoms with Gasteiger partial charge in [0.1, 0.15) is 5.75 Å². The zero-order valence-corrected chi connectivity index (χ0v) is 9.50. The summed E-state index contributed by atoms with van der Waals surface area (Å²) in [5, 5.41) is 9.20. The van der Waals surface area contributed by atoms with Gasteiger partial charge in [-0.1, -0.05) is 0 Å². The van der Waals surface area contributed by atoms with Crippen LogP contribution in [-0.4, -0.2) is 41.2 Å². The maximum absolute atomic E-state index is 12.2. The number of rotatable bonds is 1. The van der Waals surface area contributed by atoms with E-state index in [1.54, 1.807) is 24.3 Å². The number of aromatic hydroxyl groups is 1. The second-order valence-electron chi connectivity index (χ2n) is 4.71. The van der Waals surface area contributed by atoms with Crippen LogP contribution in [0.3, 0.4) is 0 Å². The third kappa shape index (κ3) is 2.00. The molecule has 2 aliphatic heterocycles. The number of carbonyl (C=O) groups is 1. The summed E-state index contributed by atoms with van der Waals surface area (Å²) in [6.07, 6.45) is 2.55. The van der Waals surface area contributed by atoms with Crippen molar-refractivity contribution in [1.82, 2.24) is 4.90 Å². The smallest absolute Gasteiger partial charge is 0.254 e. The lowest BCUT2D eigenvalue weighted by atomic mass is 10.1. The van der Waals surface area contributed by atoms with Crippen LogP contribution in [0.15, 0.2) is 24.3 Å². The highest BCUT2D eigenvalue weighted by molar-refractivity contribution is 5.94. The summed E-state index contributed by atoms with van der Waals surface area (Å²) in [6.45, 7) is 1.38. The van der Waals surface area contributed by atoms with Gasteiger partial charge in [0.2, 0.25) is 0 Å². The summed E-state index contributed by atoms with van der Waals surface area (Å²) in [6, 6.07) is 6.41. The van der Waals surface area contributed by atoms with E-state index in [4.69, 9.17) is 4.74 Å². The molecule has 2 atom stereocenters. The third-order valence-corrected chi connectivity index (χ3v) is 3.45. The van der Waals surface area contributed by atoms with Gasteiger partial charge >= 0.3 is 0 Å². The first-order valence-corrected chi connectivity index (χ1v) is 5.96. The Balaban J connectivity index is 1.76. The normalized spacial score (nSPS) is 27.2. The fourth-order valence-corrected chi connectivity index (χ4v) is 2.57. The minimum atomic E-state index is 0.0326. The molecule has 4 nitrogen and oxygen atoms in total. The highest BCUT2D eigenvalue weighted by Crippen LogP contribution is 2.27. The van der Waals surface area contributed by atoms with E-state index in [9.17, 15) is 9.90 Å². The average molecular weight is 233 g/mol. The number of benzene rings is 1. The van der Waals surface area contributed by atoms with Crippen molar-refractivity contribution in [3.05, 3.63) is 29.8 Å². The Morgan fingerprint density at radius 1 is 1.18 bits per heavy atom. The molecule has 1 aromatic rings. The lowest BCUT2D eigenvalue weighted by molar-refractivity contribution is -0.0303. The van der Waals surface area contributed by atoms with Gasteiger partial charge in [-0.15, -0.1) is 0 Å². The minimum Gasteiger partial charge on any atom is -0.508 e. The van der Waals surface area contributed by atoms with Crippen molar-refractivity contribution in [1.29, 1.82) is 0 Å². The molecule has 90 valence electrons. The van der Waals surface area contributed by atoms with E-state index in [1.807, 2.05) is 4.90 Å². The van der Waals surface area contributed by atoms with E-state index < -0.39 is 0 Å². The second kappa shape index (κ2) is 4.04. The number of fused-ring (bicyclic) bond motifs is 2. The van der Waals surface area contributed by atoms with Crippen molar-refractivity contribution >= 4 is 5.91 Å². The van der Waals surface area contributed by atoms with Crippen LogP contribution in [0.5, 0.6) is 5.75 Å². The maximum atomic E-state index is 12.2. The summed E-state index contributed by atoms with van der Waals surface area (Å²) >= 11 is 0. The quantitative estimate of drug-likeness (QED) is 0.797. The molecule has 2 saturated heterocycles. The summed E-state index contributed by atoms with van der Waals surface area (Å²) in [4.78, 5) is 14.1. The van der Waals surface area contributed by atoms with Crippen molar-refractivity contribution in [2.45, 2.75) is 25.0 Å². The number of ether oxygens (including phenoxy) is 1. The van der Waals surface area contributed by atoms with Gasteiger partial charge in [-0.2, -0.15) is 0 Å². The van der Waals surface area contributed by atoms with Gasteiger partial charge in [-0.3, -0.25) is 4.79 Å². The van der Waals surface area contributed by atoms with Gasteiger partial charge in [-0.05, 0) is 37.1 Å². The lowest BCUT2D eigenvalue weighted by Gasteiger charge is -2.32. The van der Waals surface area contributed by atoms with E-state index in [0.717, 1.165) is 12.8 Å². The van der Waals surface area contributed by atoms with Crippen LogP contribution in [0.2, 0.25) is 0 Å². The van der Waals surface area contributed by atoms with Crippen LogP contribution in [-0.2, 0) is 4.74 Å². The van der Waals surface area contributed by atoms with E-state index in [0.29, 0.717) is 18.7 Å². The summed E-state index contributed by atoms with van der Waals surface area (Å²) in [7, 11) is 0. The Hall–Kier alpha value is -1.55. The molecule has 0 radical (unpaired) electrons. The SMILES string of the molecule is O=C(c1ccc(O)cc1)N1CC2CCC(C1)O2. The van der Waals surface area contributed by atoms with Gasteiger partial charge in [0.05, 0.1) is 12.2 Å². The van der Waals surface area contributed by atoms with E-state index in [-0.39, 0.29) is 23.9 Å². The summed E-state index contributed by atoms with van der Waals surface area (Å²) < 4.78 is 5.70. The first kappa shape index (κ1) is 10.6. The molecule has 2 heterocycles. The van der Waals surface area contributed by atoms with Crippen LogP contribution in [0.25, 0.3) is 0 Å². The van der Waals surface area contributed by atoms with Gasteiger partial charge in [0, 0.05) is 18.7 Å². The summed E-state index contributed by atoms with van der Waals surface area (Å²) in [5.74, 6) is 0.216. The maximum Gasteiger partial charge on any atom is 0.254 e. The molecule has 1 aromatic carbocycles. The number of carbonyl (C=O) groups excluding carboxylic acids is 1. The van der Waals surface area contributed by atoms with Crippen molar-refractivity contribution in [3.8, 4) is 5.75 Å². The minimum absolute atomic E-state index is 0.0326. The highest BCUT2D eigenvalue weighted by Gasteiger charge is 2.35. The molecule has 2 fully saturated rings. The molecule has 1 N–H and O–H groups in total. The monoisotopic (exact) mass is 233 g/mol. The molecule has 1 amide bonds. The van der Waals surface area contributed by atoms with E-state index in [2.05, 4.69) is 0 Å². The molecular formula is C13H15NO3. The van der Waals surface area contributed by atoms with E-state index in [1.165, 1.54) is 0 Å². The number of morpholine rings is 1. The molecule has 0 spiro atoms. The van der Waals surface area contributed by atoms with Gasteiger partial charge < -0.3 is 14.7 Å². The number of phenols is 1. The molecule has 2 bridgehead atoms. The average Bonchev–Trinajstić information content (AvgIpc) is 2.68. The number of phenolic OH excluding ortho intramolecular Hbond substituents is 1. The zero-order chi connectivity index (χ0) is 11.8. The molecular weight excluding hydrogens is 218 g/mol. The van der Waals surface area contributed by atoms with Crippen molar-refractivity contribution < 1.29 is 14.6 Å². The Morgan fingerprint density at radius 2 is 1.76 bits per heavy atom. The fourth-order valence-electron chi connectivity index (χ4n) is 2.57. The number of hydrogen-bond acceptors (Lipinski definition) is 3. The number of likely N-dealkylation sites (tertiary alicyclic amines) is 1. The Labute approximate surface area is 99.8 Å². The van der Waals surface area contributed by atoms with Crippen molar-refractivity contribution in [2.75, 3.05) is 13.1 Å². The topological polar surface area (TPSA) is 49.8 Å². The molecule has 3 rings (SSSR count). The molecule has 2 aliphatic rings. The van der Waals surface area contributed by atoms with Crippen LogP contribution >= 0.6 is 0 Å². The number of nitrogens with zero attached hydrogens (tertiary/aromatic N) is 1. The molecule has 4 heteroatoms. The standard InChI is InChI=1S/C13H15NO3/c15-10-3-1-9(2-4-10)13(16)14-7-11-5-6-12(8-14)17-11/h1-4,11-12,15H,5-8H2. The first-order chi connectivity index (χ1) is 8.22. The highest BCUT2D eigenvalue weighted by atomic mass is 16.5. The number of hydrogen-bond donors (Lipinski definition) is 1. The molecule has 0 saturated carbocycles. The van der Waals surface area contributed by atoms with Crippen LogP contribution in [0, 0.1) is 0 Å². The van der Waals surface area contributed by atoms with Gasteiger partial charge in [-0.25, -0.2) is 0 Å². The Bertz CT molecular complexity index is 417. The van der Waals surface area contributed by atoms with Crippen molar-refractivity contribution in [3.63, 3.8) is 0 Å². The number of amides is 1. The summed E-state index contributed by atoms with van der Waals surface area (Å²) in [5.41, 5.74) is 0.629. The van der Waals surface area contributed by atoms with Gasteiger partial charge in [0.15, 0.2) is 0 Å². The third-order valence-electron chi connectivity index (χ3n) is 3.45. The Kier molecular flexibility index (Phi) is 2.52. The molecule has 17 heavy (non-hydrogen) atoms. The fraction of sp³-hybridized carbons (Fsp3) is 0.462. The van der Waals surface area contributed by atoms with Crippen LogP contribution in [0.1, 0.15) is 23.2 Å². The molecule has 0 aliphatic carbocycles. The van der Waals surface area contributed by atoms with Crippen LogP contribution in [0.4, 0.5) is 0 Å².